The molecule has 0 amide bonds. The van der Waals surface area contributed by atoms with E-state index in [1.54, 1.807) is 0 Å². The van der Waals surface area contributed by atoms with Crippen molar-refractivity contribution in [2.24, 2.45) is 0 Å². The van der Waals surface area contributed by atoms with Gasteiger partial charge in [0.1, 0.15) is 11.2 Å². The summed E-state index contributed by atoms with van der Waals surface area (Å²) in [6, 6.07) is 77.1. The molecule has 0 unspecified atom stereocenters. The molecule has 1 nitrogen and oxygen atoms in total. The fourth-order valence-corrected chi connectivity index (χ4v) is 11.4. The molecule has 0 bridgehead atoms. The fraction of sp³-hybridized carbons (Fsp3) is 0.0169. The maximum absolute atomic E-state index is 6.54. The molecule has 0 N–H and O–H groups in total. The van der Waals surface area contributed by atoms with E-state index in [2.05, 4.69) is 200 Å². The number of para-hydroxylation sites is 1. The van der Waals surface area contributed by atoms with Crippen molar-refractivity contribution < 1.29 is 4.42 Å². The van der Waals surface area contributed by atoms with Gasteiger partial charge in [-0.15, -0.1) is 0 Å². The van der Waals surface area contributed by atoms with E-state index in [1.165, 1.54) is 104 Å². The molecule has 1 spiro atoms. The molecule has 2 aliphatic carbocycles. The fourth-order valence-electron chi connectivity index (χ4n) is 11.4. The van der Waals surface area contributed by atoms with Gasteiger partial charge in [-0.1, -0.05) is 170 Å². The molecule has 12 aromatic rings. The zero-order valence-electron chi connectivity index (χ0n) is 32.5. The minimum atomic E-state index is -0.556. The van der Waals surface area contributed by atoms with Crippen LogP contribution in [0.2, 0.25) is 0 Å². The number of benzene rings is 11. The number of rotatable bonds is 2. The predicted octanol–water partition coefficient (Wildman–Crippen LogP) is 15.9. The van der Waals surface area contributed by atoms with Crippen LogP contribution in [0, 0.1) is 0 Å². The van der Waals surface area contributed by atoms with Crippen molar-refractivity contribution in [2.45, 2.75) is 5.41 Å². The molecule has 1 heteroatoms. The Kier molecular flexibility index (Phi) is 6.28. The summed E-state index contributed by atoms with van der Waals surface area (Å²) in [5.41, 5.74) is 16.7. The highest BCUT2D eigenvalue weighted by atomic mass is 16.3. The highest BCUT2D eigenvalue weighted by molar-refractivity contribution is 6.20. The molecule has 60 heavy (non-hydrogen) atoms. The first-order chi connectivity index (χ1) is 29.8. The Bertz CT molecular complexity index is 3800. The summed E-state index contributed by atoms with van der Waals surface area (Å²) in [6.07, 6.45) is 0. The molecule has 0 fully saturated rings. The standard InChI is InChI=1S/C59H34O/c1-4-16-40-35(13-1)25-29-47-50(40)32-36-14-2-5-17-41(36)56(47)39-27-30-48-53(33-39)59(51-22-10-7-19-43(51)44-20-8-11-23-52(44)59)58-42-18-6-3-15-37(42)31-49(57(48)58)38-26-28-46-45-21-9-12-24-54(45)60-55(46)34-38/h1-34H. The van der Waals surface area contributed by atoms with Crippen LogP contribution in [0.25, 0.3) is 110 Å². The Morgan fingerprint density at radius 2 is 0.883 bits per heavy atom. The minimum absolute atomic E-state index is 0.556. The van der Waals surface area contributed by atoms with Crippen molar-refractivity contribution in [3.8, 4) is 44.5 Å². The van der Waals surface area contributed by atoms with Gasteiger partial charge in [0, 0.05) is 10.8 Å². The van der Waals surface area contributed by atoms with Gasteiger partial charge in [-0.2, -0.15) is 0 Å². The highest BCUT2D eigenvalue weighted by Crippen LogP contribution is 2.66. The van der Waals surface area contributed by atoms with Crippen LogP contribution in [0.5, 0.6) is 0 Å². The lowest BCUT2D eigenvalue weighted by Gasteiger charge is -2.32. The molecule has 1 aromatic heterocycles. The van der Waals surface area contributed by atoms with E-state index in [-0.39, 0.29) is 0 Å². The minimum Gasteiger partial charge on any atom is -0.456 e. The quantitative estimate of drug-likeness (QED) is 0.126. The highest BCUT2D eigenvalue weighted by Gasteiger charge is 2.53. The summed E-state index contributed by atoms with van der Waals surface area (Å²) in [7, 11) is 0. The molecule has 2 aliphatic rings. The summed E-state index contributed by atoms with van der Waals surface area (Å²) >= 11 is 0. The van der Waals surface area contributed by atoms with Crippen LogP contribution < -0.4 is 0 Å². The Morgan fingerprint density at radius 1 is 0.283 bits per heavy atom. The van der Waals surface area contributed by atoms with Crippen LogP contribution in [0.15, 0.2) is 211 Å². The van der Waals surface area contributed by atoms with Gasteiger partial charge in [0.2, 0.25) is 0 Å². The van der Waals surface area contributed by atoms with Crippen molar-refractivity contribution in [1.29, 1.82) is 0 Å². The van der Waals surface area contributed by atoms with Crippen molar-refractivity contribution in [3.05, 3.63) is 229 Å². The van der Waals surface area contributed by atoms with Gasteiger partial charge in [0.25, 0.3) is 0 Å². The molecule has 0 saturated heterocycles. The van der Waals surface area contributed by atoms with Gasteiger partial charge in [-0.3, -0.25) is 0 Å². The van der Waals surface area contributed by atoms with Crippen molar-refractivity contribution >= 4 is 65.0 Å². The molecule has 0 radical (unpaired) electrons. The van der Waals surface area contributed by atoms with Gasteiger partial charge in [0.15, 0.2) is 0 Å². The number of hydrogen-bond acceptors (Lipinski definition) is 1. The van der Waals surface area contributed by atoms with E-state index in [0.29, 0.717) is 0 Å². The lowest BCUT2D eigenvalue weighted by molar-refractivity contribution is 0.669. The second-order valence-corrected chi connectivity index (χ2v) is 16.7. The monoisotopic (exact) mass is 758 g/mol. The van der Waals surface area contributed by atoms with Crippen LogP contribution >= 0.6 is 0 Å². The third-order valence-electron chi connectivity index (χ3n) is 13.8. The average molecular weight is 759 g/mol. The first kappa shape index (κ1) is 32.2. The van der Waals surface area contributed by atoms with Gasteiger partial charge < -0.3 is 4.42 Å². The van der Waals surface area contributed by atoms with Crippen molar-refractivity contribution in [1.82, 2.24) is 0 Å². The predicted molar refractivity (Wildman–Crippen MR) is 251 cm³/mol. The van der Waals surface area contributed by atoms with Gasteiger partial charge in [-0.25, -0.2) is 0 Å². The summed E-state index contributed by atoms with van der Waals surface area (Å²) in [5, 5.41) is 12.4. The number of hydrogen-bond donors (Lipinski definition) is 0. The Labute approximate surface area is 346 Å². The number of fused-ring (bicyclic) bond motifs is 19. The van der Waals surface area contributed by atoms with Crippen LogP contribution in [-0.2, 0) is 5.41 Å². The molecular weight excluding hydrogens is 725 g/mol. The van der Waals surface area contributed by atoms with Gasteiger partial charge in [0.05, 0.1) is 5.41 Å². The zero-order chi connectivity index (χ0) is 39.1. The third kappa shape index (κ3) is 4.06. The maximum atomic E-state index is 6.54. The van der Waals surface area contributed by atoms with Crippen molar-refractivity contribution in [3.63, 3.8) is 0 Å². The molecule has 0 saturated carbocycles. The SMILES string of the molecule is c1ccc2c(c1)-c1ccccc1C21c2cc(-c3c4ccccc4cc4c3ccc3ccccc34)ccc2-c2c(-c3ccc4c(c3)oc3ccccc34)cc3ccccc3c21. The van der Waals surface area contributed by atoms with E-state index in [0.717, 1.165) is 27.5 Å². The van der Waals surface area contributed by atoms with E-state index < -0.39 is 5.41 Å². The molecule has 0 atom stereocenters. The first-order valence-corrected chi connectivity index (χ1v) is 20.9. The summed E-state index contributed by atoms with van der Waals surface area (Å²) < 4.78 is 6.54. The average Bonchev–Trinajstić information content (AvgIpc) is 3.94. The zero-order valence-corrected chi connectivity index (χ0v) is 32.5. The lowest BCUT2D eigenvalue weighted by Crippen LogP contribution is -2.26. The molecule has 276 valence electrons. The maximum Gasteiger partial charge on any atom is 0.136 e. The van der Waals surface area contributed by atoms with Gasteiger partial charge >= 0.3 is 0 Å². The molecule has 14 rings (SSSR count). The molecule has 0 aliphatic heterocycles. The molecule has 11 aromatic carbocycles. The lowest BCUT2D eigenvalue weighted by atomic mass is 9.68. The summed E-state index contributed by atoms with van der Waals surface area (Å²) in [6.45, 7) is 0. The first-order valence-electron chi connectivity index (χ1n) is 20.9. The van der Waals surface area contributed by atoms with Crippen LogP contribution in [0.4, 0.5) is 0 Å². The topological polar surface area (TPSA) is 13.1 Å². The van der Waals surface area contributed by atoms with Crippen molar-refractivity contribution in [2.75, 3.05) is 0 Å². The Balaban J connectivity index is 1.14. The van der Waals surface area contributed by atoms with E-state index in [1.807, 2.05) is 6.07 Å². The van der Waals surface area contributed by atoms with E-state index >= 15 is 0 Å². The molecule has 1 heterocycles. The Hall–Kier alpha value is -7.74. The smallest absolute Gasteiger partial charge is 0.136 e. The second kappa shape index (κ2) is 11.7. The summed E-state index contributed by atoms with van der Waals surface area (Å²) in [4.78, 5) is 0. The van der Waals surface area contributed by atoms with Gasteiger partial charge in [-0.05, 0) is 146 Å². The summed E-state index contributed by atoms with van der Waals surface area (Å²) in [5.74, 6) is 0. The molecular formula is C59H34O. The number of furan rings is 1. The second-order valence-electron chi connectivity index (χ2n) is 16.7. The normalized spacial score (nSPS) is 13.5. The van der Waals surface area contributed by atoms with Crippen LogP contribution in [0.3, 0.4) is 0 Å². The van der Waals surface area contributed by atoms with E-state index in [4.69, 9.17) is 4.42 Å². The Morgan fingerprint density at radius 3 is 1.68 bits per heavy atom. The largest absolute Gasteiger partial charge is 0.456 e. The van der Waals surface area contributed by atoms with Crippen LogP contribution in [-0.4, -0.2) is 0 Å². The van der Waals surface area contributed by atoms with Crippen LogP contribution in [0.1, 0.15) is 22.3 Å². The van der Waals surface area contributed by atoms with E-state index in [9.17, 15) is 0 Å². The third-order valence-corrected chi connectivity index (χ3v) is 13.8.